The summed E-state index contributed by atoms with van der Waals surface area (Å²) in [5, 5.41) is 10.6. The molecular formula is C20H26F3N5O4S. The van der Waals surface area contributed by atoms with Crippen LogP contribution >= 0.6 is 0 Å². The van der Waals surface area contributed by atoms with Crippen LogP contribution in [0.15, 0.2) is 53.4 Å². The number of alkyl halides is 3. The van der Waals surface area contributed by atoms with E-state index in [0.717, 1.165) is 18.2 Å². The Hall–Kier alpha value is -3.16. The van der Waals surface area contributed by atoms with E-state index < -0.39 is 39.2 Å². The summed E-state index contributed by atoms with van der Waals surface area (Å²) >= 11 is 0. The van der Waals surface area contributed by atoms with E-state index in [-0.39, 0.29) is 17.2 Å². The average molecular weight is 490 g/mol. The van der Waals surface area contributed by atoms with Crippen molar-refractivity contribution in [3.8, 4) is 5.75 Å². The first-order valence-electron chi connectivity index (χ1n) is 9.59. The second-order valence-corrected chi connectivity index (χ2v) is 8.29. The van der Waals surface area contributed by atoms with Crippen LogP contribution in [0.3, 0.4) is 0 Å². The quantitative estimate of drug-likeness (QED) is 0.268. The lowest BCUT2D eigenvalue weighted by atomic mass is 10.1. The second kappa shape index (κ2) is 12.2. The highest BCUT2D eigenvalue weighted by Crippen LogP contribution is 2.30. The molecule has 0 aliphatic carbocycles. The molecule has 2 rings (SSSR count). The molecule has 0 unspecified atom stereocenters. The Morgan fingerprint density at radius 2 is 1.73 bits per heavy atom. The minimum Gasteiger partial charge on any atom is -0.369 e. The number of rotatable bonds is 7. The number of hydroxylamine groups is 2. The van der Waals surface area contributed by atoms with Crippen molar-refractivity contribution in [2.45, 2.75) is 24.4 Å². The smallest absolute Gasteiger partial charge is 0.369 e. The van der Waals surface area contributed by atoms with E-state index in [9.17, 15) is 26.4 Å². The number of hydrogen-bond donors (Lipinski definition) is 4. The van der Waals surface area contributed by atoms with Crippen molar-refractivity contribution >= 4 is 21.9 Å². The maximum absolute atomic E-state index is 12.9. The second-order valence-electron chi connectivity index (χ2n) is 6.52. The van der Waals surface area contributed by atoms with Crippen LogP contribution in [0.1, 0.15) is 29.3 Å². The van der Waals surface area contributed by atoms with Gasteiger partial charge in [0.25, 0.3) is 5.91 Å². The van der Waals surface area contributed by atoms with Crippen molar-refractivity contribution in [3.63, 3.8) is 0 Å². The molecule has 0 radical (unpaired) electrons. The van der Waals surface area contributed by atoms with E-state index in [4.69, 9.17) is 16.0 Å². The molecule has 0 saturated carbocycles. The number of guanidine groups is 1. The largest absolute Gasteiger partial charge is 0.416 e. The molecule has 0 spiro atoms. The summed E-state index contributed by atoms with van der Waals surface area (Å²) in [5.41, 5.74) is 3.89. The molecule has 0 atom stereocenters. The molecule has 0 aliphatic heterocycles. The van der Waals surface area contributed by atoms with Gasteiger partial charge >= 0.3 is 6.18 Å². The van der Waals surface area contributed by atoms with Crippen LogP contribution in [0.2, 0.25) is 0 Å². The zero-order valence-electron chi connectivity index (χ0n) is 18.2. The van der Waals surface area contributed by atoms with Crippen LogP contribution in [-0.2, 0) is 16.2 Å². The number of carbonyl (C=O) groups excluding carboxylic acids is 1. The Morgan fingerprint density at radius 1 is 1.15 bits per heavy atom. The van der Waals surface area contributed by atoms with Gasteiger partial charge < -0.3 is 15.9 Å². The first kappa shape index (κ1) is 27.9. The van der Waals surface area contributed by atoms with E-state index in [0.29, 0.717) is 17.6 Å². The number of nitrogens with one attached hydrogen (secondary N) is 3. The first-order valence-corrected chi connectivity index (χ1v) is 11.1. The summed E-state index contributed by atoms with van der Waals surface area (Å²) in [6.07, 6.45) is -4.06. The maximum atomic E-state index is 12.9. The molecule has 0 saturated heterocycles. The monoisotopic (exact) mass is 489 g/mol. The van der Waals surface area contributed by atoms with Crippen LogP contribution in [0.4, 0.5) is 13.2 Å². The van der Waals surface area contributed by atoms with Gasteiger partial charge in [0, 0.05) is 12.1 Å². The third-order valence-electron chi connectivity index (χ3n) is 3.71. The molecule has 5 N–H and O–H groups in total. The van der Waals surface area contributed by atoms with Crippen molar-refractivity contribution in [2.75, 3.05) is 20.6 Å². The third kappa shape index (κ3) is 8.36. The first-order chi connectivity index (χ1) is 15.4. The lowest BCUT2D eigenvalue weighted by Gasteiger charge is -2.21. The molecule has 9 nitrogen and oxygen atoms in total. The minimum absolute atomic E-state index is 0.0538. The van der Waals surface area contributed by atoms with Gasteiger partial charge in [0.2, 0.25) is 16.0 Å². The highest BCUT2D eigenvalue weighted by atomic mass is 32.2. The number of hydrogen-bond acceptors (Lipinski definition) is 6. The number of carbonyl (C=O) groups is 1. The van der Waals surface area contributed by atoms with Gasteiger partial charge in [-0.3, -0.25) is 10.2 Å². The van der Waals surface area contributed by atoms with E-state index >= 15 is 0 Å². The number of nitrogens with two attached hydrogens (primary N) is 1. The fraction of sp³-hybridized carbons (Fsp3) is 0.300. The van der Waals surface area contributed by atoms with Crippen molar-refractivity contribution in [1.82, 2.24) is 15.1 Å². The average Bonchev–Trinajstić information content (AvgIpc) is 2.76. The van der Waals surface area contributed by atoms with Crippen molar-refractivity contribution < 1.29 is 31.2 Å². The molecule has 33 heavy (non-hydrogen) atoms. The minimum atomic E-state index is -4.66. The van der Waals surface area contributed by atoms with Crippen LogP contribution in [0.5, 0.6) is 5.75 Å². The third-order valence-corrected chi connectivity index (χ3v) is 5.19. The van der Waals surface area contributed by atoms with Gasteiger partial charge in [-0.25, -0.2) is 13.1 Å². The predicted molar refractivity (Wildman–Crippen MR) is 117 cm³/mol. The van der Waals surface area contributed by atoms with Crippen molar-refractivity contribution in [2.24, 2.45) is 5.73 Å². The van der Waals surface area contributed by atoms with Gasteiger partial charge in [0.15, 0.2) is 5.75 Å². The molecule has 182 valence electrons. The number of halogens is 3. The Morgan fingerprint density at radius 3 is 2.21 bits per heavy atom. The van der Waals surface area contributed by atoms with Gasteiger partial charge in [0.05, 0.1) is 10.5 Å². The fourth-order valence-electron chi connectivity index (χ4n) is 2.25. The van der Waals surface area contributed by atoms with Gasteiger partial charge in [-0.2, -0.15) is 13.2 Å². The molecule has 0 heterocycles. The Balaban J connectivity index is 0.00000172. The van der Waals surface area contributed by atoms with Crippen LogP contribution in [0, 0.1) is 5.41 Å². The van der Waals surface area contributed by atoms with Crippen LogP contribution in [-0.4, -0.2) is 46.0 Å². The topological polar surface area (TPSA) is 138 Å². The normalized spacial score (nSPS) is 11.2. The summed E-state index contributed by atoms with van der Waals surface area (Å²) in [6.45, 7) is 2.06. The fourth-order valence-corrected chi connectivity index (χ4v) is 3.38. The highest BCUT2D eigenvalue weighted by Gasteiger charge is 2.32. The molecule has 0 fully saturated rings. The van der Waals surface area contributed by atoms with E-state index in [1.807, 2.05) is 14.1 Å². The van der Waals surface area contributed by atoms with Crippen LogP contribution in [0.25, 0.3) is 0 Å². The van der Waals surface area contributed by atoms with Gasteiger partial charge in [-0.15, -0.1) is 5.06 Å². The summed E-state index contributed by atoms with van der Waals surface area (Å²) in [5.74, 6) is -2.03. The highest BCUT2D eigenvalue weighted by molar-refractivity contribution is 7.89. The molecule has 2 aromatic carbocycles. The summed E-state index contributed by atoms with van der Waals surface area (Å²) in [7, 11) is 0.0284. The summed E-state index contributed by atoms with van der Waals surface area (Å²) in [4.78, 5) is 17.7. The number of amides is 1. The Kier molecular flexibility index (Phi) is 10.3. The maximum Gasteiger partial charge on any atom is 0.416 e. The lowest BCUT2D eigenvalue weighted by molar-refractivity contribution is -0.137. The molecular weight excluding hydrogens is 463 g/mol. The van der Waals surface area contributed by atoms with E-state index in [1.54, 1.807) is 6.92 Å². The van der Waals surface area contributed by atoms with E-state index in [1.165, 1.54) is 24.3 Å². The van der Waals surface area contributed by atoms with E-state index in [2.05, 4.69) is 10.0 Å². The number of nitrogens with zero attached hydrogens (tertiary/aromatic N) is 1. The van der Waals surface area contributed by atoms with Crippen molar-refractivity contribution in [3.05, 3.63) is 59.7 Å². The standard InChI is InChI=1S/C18H19F3N4O4S.C2H7N/c1-2-10-24-30(27,28)15-8-6-14(7-9-15)29-25(17(22)23)16(26)12-4-3-5-13(11-12)18(19,20)21;1-3-2/h3-9,11,24H,2,10H2,1H3,(H3,22,23);3H,1-2H3. The summed E-state index contributed by atoms with van der Waals surface area (Å²) < 4.78 is 65.2. The van der Waals surface area contributed by atoms with Crippen LogP contribution < -0.4 is 20.6 Å². The SMILES string of the molecule is CCCNS(=O)(=O)c1ccc(ON(C(=N)N)C(=O)c2cccc(C(F)(F)F)c2)cc1.CNC. The molecule has 13 heteroatoms. The number of benzene rings is 2. The van der Waals surface area contributed by atoms with Gasteiger partial charge in [0.1, 0.15) is 0 Å². The summed E-state index contributed by atoms with van der Waals surface area (Å²) in [6, 6.07) is 8.41. The predicted octanol–water partition coefficient (Wildman–Crippen LogP) is 2.56. The molecule has 0 bridgehead atoms. The Labute approximate surface area is 190 Å². The van der Waals surface area contributed by atoms with Gasteiger partial charge in [-0.05, 0) is 63.0 Å². The zero-order chi connectivity index (χ0) is 25.2. The lowest BCUT2D eigenvalue weighted by Crippen LogP contribution is -2.43. The molecule has 1 amide bonds. The Bertz CT molecular complexity index is 1040. The van der Waals surface area contributed by atoms with Gasteiger partial charge in [-0.1, -0.05) is 13.0 Å². The molecule has 0 aromatic heterocycles. The molecule has 0 aliphatic rings. The molecule has 2 aromatic rings. The zero-order valence-corrected chi connectivity index (χ0v) is 19.0. The van der Waals surface area contributed by atoms with Crippen molar-refractivity contribution in [1.29, 1.82) is 5.41 Å². The number of sulfonamides is 1.